The lowest BCUT2D eigenvalue weighted by molar-refractivity contribution is 0.294. The summed E-state index contributed by atoms with van der Waals surface area (Å²) in [6.07, 6.45) is 5.12. The van der Waals surface area contributed by atoms with E-state index < -0.39 is 15.6 Å². The van der Waals surface area contributed by atoms with Crippen molar-refractivity contribution in [3.8, 4) is 34.5 Å². The summed E-state index contributed by atoms with van der Waals surface area (Å²) in [5.74, 6) is 2.56. The van der Waals surface area contributed by atoms with Gasteiger partial charge in [-0.1, -0.05) is 116 Å². The number of hydrogen-bond acceptors (Lipinski definition) is 8. The Bertz CT molecular complexity index is 2210. The van der Waals surface area contributed by atoms with Gasteiger partial charge in [-0.15, -0.1) is 0 Å². The summed E-state index contributed by atoms with van der Waals surface area (Å²) < 4.78 is 66.7. The minimum absolute atomic E-state index is 0.310. The van der Waals surface area contributed by atoms with Crippen molar-refractivity contribution in [2.75, 3.05) is 0 Å². The third-order valence-electron chi connectivity index (χ3n) is 11.4. The Morgan fingerprint density at radius 1 is 0.350 bits per heavy atom. The average Bonchev–Trinajstić information content (AvgIpc) is 3.22. The largest absolute Gasteiger partial charge is 0.647 e. The highest BCUT2D eigenvalue weighted by molar-refractivity contribution is 7.50. The van der Waals surface area contributed by atoms with Crippen LogP contribution in [0.4, 0.5) is 0 Å². The second kappa shape index (κ2) is 17.7. The highest BCUT2D eigenvalue weighted by atomic mass is 31.2. The smallest absolute Gasteiger partial charge is 0.386 e. The summed E-state index contributed by atoms with van der Waals surface area (Å²) in [7, 11) is -8.50. The Hall–Kier alpha value is -5.42. The molecule has 312 valence electrons. The van der Waals surface area contributed by atoms with E-state index in [9.17, 15) is 9.13 Å². The number of phosphoric ester groups is 2. The van der Waals surface area contributed by atoms with Gasteiger partial charge in [0.25, 0.3) is 0 Å². The van der Waals surface area contributed by atoms with Gasteiger partial charge >= 0.3 is 15.6 Å². The molecule has 0 unspecified atom stereocenters. The molecule has 7 rings (SSSR count). The maximum absolute atomic E-state index is 14.7. The van der Waals surface area contributed by atoms with Crippen molar-refractivity contribution in [1.29, 1.82) is 0 Å². The van der Waals surface area contributed by atoms with Crippen LogP contribution in [0.3, 0.4) is 0 Å². The fourth-order valence-electron chi connectivity index (χ4n) is 8.16. The van der Waals surface area contributed by atoms with Crippen LogP contribution in [-0.4, -0.2) is 0 Å². The lowest BCUT2D eigenvalue weighted by atomic mass is 9.65. The van der Waals surface area contributed by atoms with Gasteiger partial charge in [0.2, 0.25) is 0 Å². The number of phosphoric acid groups is 2. The molecule has 0 amide bonds. The number of rotatable bonds is 14. The second-order valence-electron chi connectivity index (χ2n) is 16.0. The van der Waals surface area contributed by atoms with Crippen molar-refractivity contribution in [2.24, 2.45) is 0 Å². The van der Waals surface area contributed by atoms with Crippen LogP contribution in [0.25, 0.3) is 0 Å². The molecule has 0 atom stereocenters. The molecule has 0 radical (unpaired) electrons. The first-order valence-corrected chi connectivity index (χ1v) is 23.4. The molecule has 0 saturated heterocycles. The molecule has 1 aliphatic carbocycles. The lowest BCUT2D eigenvalue weighted by Gasteiger charge is -2.39. The summed E-state index contributed by atoms with van der Waals surface area (Å²) in [6.45, 7) is 15.2. The van der Waals surface area contributed by atoms with Crippen molar-refractivity contribution < 1.29 is 36.3 Å². The van der Waals surface area contributed by atoms with E-state index in [1.54, 1.807) is 0 Å². The zero-order valence-corrected chi connectivity index (χ0v) is 37.5. The Kier molecular flexibility index (Phi) is 12.6. The topological polar surface area (TPSA) is 89.5 Å². The van der Waals surface area contributed by atoms with E-state index in [-0.39, 0.29) is 5.41 Å². The standard InChI is InChI=1S/C50H54O8P2/c1-34-16-12-17-35(2)46(34)55-59(51,56-47-36(3)18-13-19-37(47)4)53-44-28-24-42(25-29-44)50(32-10-9-11-33-50)43-26-30-45(31-27-43)54-60(52,57-48-38(5)20-14-21-39(48)6)58-49-40(7)22-15-23-41(49)8/h12-31H,9-11,32-33H2,1-8H3. The van der Waals surface area contributed by atoms with E-state index in [0.29, 0.717) is 34.5 Å². The van der Waals surface area contributed by atoms with Gasteiger partial charge in [0, 0.05) is 5.41 Å². The molecule has 6 aromatic carbocycles. The van der Waals surface area contributed by atoms with Gasteiger partial charge in [0.1, 0.15) is 34.5 Å². The average molecular weight is 845 g/mol. The van der Waals surface area contributed by atoms with Gasteiger partial charge in [-0.3, -0.25) is 0 Å². The first-order valence-electron chi connectivity index (χ1n) is 20.5. The molecule has 0 aromatic heterocycles. The van der Waals surface area contributed by atoms with Crippen LogP contribution in [0, 0.1) is 55.4 Å². The monoisotopic (exact) mass is 844 g/mol. The Labute approximate surface area is 355 Å². The van der Waals surface area contributed by atoms with E-state index in [1.807, 2.05) is 177 Å². The molecule has 1 aliphatic rings. The first kappa shape index (κ1) is 42.7. The number of aryl methyl sites for hydroxylation is 8. The number of benzene rings is 6. The lowest BCUT2D eigenvalue weighted by Crippen LogP contribution is -2.30. The predicted molar refractivity (Wildman–Crippen MR) is 239 cm³/mol. The van der Waals surface area contributed by atoms with Crippen molar-refractivity contribution in [2.45, 2.75) is 92.9 Å². The van der Waals surface area contributed by atoms with Crippen molar-refractivity contribution in [3.05, 3.63) is 177 Å². The molecule has 0 bridgehead atoms. The second-order valence-corrected chi connectivity index (χ2v) is 18.9. The van der Waals surface area contributed by atoms with Gasteiger partial charge in [-0.2, -0.15) is 9.13 Å². The van der Waals surface area contributed by atoms with Crippen molar-refractivity contribution >= 4 is 15.6 Å². The SMILES string of the molecule is Cc1cccc(C)c1OP(=O)(Oc1ccc(C2(c3ccc(OP(=O)(Oc4c(C)cccc4C)Oc4c(C)cccc4C)cc3)CCCCC2)cc1)Oc1c(C)cccc1C. The highest BCUT2D eigenvalue weighted by Crippen LogP contribution is 2.55. The van der Waals surface area contributed by atoms with Crippen molar-refractivity contribution in [1.82, 2.24) is 0 Å². The highest BCUT2D eigenvalue weighted by Gasteiger charge is 2.39. The zero-order valence-electron chi connectivity index (χ0n) is 35.7. The minimum atomic E-state index is -4.25. The van der Waals surface area contributed by atoms with Crippen molar-refractivity contribution in [3.63, 3.8) is 0 Å². The molecule has 0 N–H and O–H groups in total. The molecule has 60 heavy (non-hydrogen) atoms. The maximum atomic E-state index is 14.7. The molecule has 0 aliphatic heterocycles. The van der Waals surface area contributed by atoms with E-state index in [0.717, 1.165) is 87.7 Å². The van der Waals surface area contributed by atoms with Gasteiger partial charge in [-0.05, 0) is 148 Å². The zero-order chi connectivity index (χ0) is 42.7. The molecule has 10 heteroatoms. The molecule has 0 spiro atoms. The minimum Gasteiger partial charge on any atom is -0.386 e. The van der Waals surface area contributed by atoms with E-state index in [4.69, 9.17) is 27.1 Å². The van der Waals surface area contributed by atoms with E-state index in [1.165, 1.54) is 0 Å². The van der Waals surface area contributed by atoms with Crippen LogP contribution in [0.15, 0.2) is 121 Å². The predicted octanol–water partition coefficient (Wildman–Crippen LogP) is 14.7. The van der Waals surface area contributed by atoms with Gasteiger partial charge in [0.05, 0.1) is 0 Å². The third-order valence-corrected chi connectivity index (χ3v) is 13.9. The van der Waals surface area contributed by atoms with Crippen LogP contribution >= 0.6 is 15.6 Å². The summed E-state index contributed by atoms with van der Waals surface area (Å²) in [4.78, 5) is 0. The Morgan fingerprint density at radius 3 is 0.850 bits per heavy atom. The molecular formula is C50H54O8P2. The molecule has 1 fully saturated rings. The molecule has 1 saturated carbocycles. The quantitative estimate of drug-likeness (QED) is 0.100. The van der Waals surface area contributed by atoms with Gasteiger partial charge in [-0.25, -0.2) is 0 Å². The van der Waals surface area contributed by atoms with Crippen LogP contribution in [-0.2, 0) is 14.5 Å². The number of hydrogen-bond donors (Lipinski definition) is 0. The summed E-state index contributed by atoms with van der Waals surface area (Å²) in [6, 6.07) is 38.5. The fraction of sp³-hybridized carbons (Fsp3) is 0.280. The third kappa shape index (κ3) is 9.31. The van der Waals surface area contributed by atoms with Gasteiger partial charge in [0.15, 0.2) is 0 Å². The molecule has 8 nitrogen and oxygen atoms in total. The van der Waals surface area contributed by atoms with E-state index >= 15 is 0 Å². The van der Waals surface area contributed by atoms with Crippen LogP contribution in [0.1, 0.15) is 87.7 Å². The summed E-state index contributed by atoms with van der Waals surface area (Å²) in [5, 5.41) is 0. The fourth-order valence-corrected chi connectivity index (χ4v) is 11.2. The number of para-hydroxylation sites is 4. The Balaban J connectivity index is 1.18. The summed E-state index contributed by atoms with van der Waals surface area (Å²) in [5.41, 5.74) is 8.46. The molecular weight excluding hydrogens is 790 g/mol. The normalized spacial score (nSPS) is 13.9. The summed E-state index contributed by atoms with van der Waals surface area (Å²) >= 11 is 0. The first-order chi connectivity index (χ1) is 28.7. The molecule has 6 aromatic rings. The maximum Gasteiger partial charge on any atom is 0.647 e. The van der Waals surface area contributed by atoms with Crippen LogP contribution in [0.2, 0.25) is 0 Å². The Morgan fingerprint density at radius 2 is 0.600 bits per heavy atom. The van der Waals surface area contributed by atoms with Crippen LogP contribution < -0.4 is 27.1 Å². The van der Waals surface area contributed by atoms with E-state index in [2.05, 4.69) is 0 Å². The van der Waals surface area contributed by atoms with Crippen LogP contribution in [0.5, 0.6) is 34.5 Å². The van der Waals surface area contributed by atoms with Gasteiger partial charge < -0.3 is 27.1 Å². The molecule has 0 heterocycles.